The number of aryl methyl sites for hydroxylation is 1. The molecule has 2 heterocycles. The van der Waals surface area contributed by atoms with Gasteiger partial charge in [0.05, 0.1) is 17.0 Å². The van der Waals surface area contributed by atoms with E-state index in [-0.39, 0.29) is 0 Å². The standard InChI is InChI=1S/C17H20N4O5/c1-3-26-17(23)20-10-8-19(9-11-20)14-12-6-4-5-7-13(12)18(2)16(22)15(14)21(24)25/h4-7H,3,8-11H2,1-2H3. The SMILES string of the molecule is CCOC(=O)N1CCN(c2c([N+](=O)[O-])c(=O)n(C)c3ccccc23)CC1. The maximum atomic E-state index is 12.6. The van der Waals surface area contributed by atoms with Crippen molar-refractivity contribution in [2.75, 3.05) is 37.7 Å². The van der Waals surface area contributed by atoms with Crippen LogP contribution in [0.25, 0.3) is 10.9 Å². The molecule has 0 bridgehead atoms. The Balaban J connectivity index is 2.04. The van der Waals surface area contributed by atoms with Crippen molar-refractivity contribution in [1.82, 2.24) is 9.47 Å². The molecule has 0 spiro atoms. The average Bonchev–Trinajstić information content (AvgIpc) is 2.64. The normalized spacial score (nSPS) is 14.5. The van der Waals surface area contributed by atoms with Gasteiger partial charge in [0, 0.05) is 38.6 Å². The number of piperazine rings is 1. The predicted molar refractivity (Wildman–Crippen MR) is 96.7 cm³/mol. The summed E-state index contributed by atoms with van der Waals surface area (Å²) in [6, 6.07) is 7.11. The van der Waals surface area contributed by atoms with Gasteiger partial charge >= 0.3 is 17.3 Å². The number of ether oxygens (including phenoxy) is 1. The van der Waals surface area contributed by atoms with Crippen LogP contribution in [0.4, 0.5) is 16.2 Å². The summed E-state index contributed by atoms with van der Waals surface area (Å²) < 4.78 is 6.29. The Hall–Kier alpha value is -3.10. The summed E-state index contributed by atoms with van der Waals surface area (Å²) in [4.78, 5) is 38.8. The molecule has 2 aromatic rings. The van der Waals surface area contributed by atoms with E-state index in [0.717, 1.165) is 0 Å². The number of anilines is 1. The first-order chi connectivity index (χ1) is 12.5. The maximum Gasteiger partial charge on any atom is 0.409 e. The molecular weight excluding hydrogens is 340 g/mol. The fraction of sp³-hybridized carbons (Fsp3) is 0.412. The van der Waals surface area contributed by atoms with E-state index in [1.807, 2.05) is 0 Å². The molecule has 138 valence electrons. The van der Waals surface area contributed by atoms with Crippen molar-refractivity contribution in [3.8, 4) is 0 Å². The van der Waals surface area contributed by atoms with Crippen molar-refractivity contribution >= 4 is 28.4 Å². The van der Waals surface area contributed by atoms with Crippen molar-refractivity contribution in [2.24, 2.45) is 7.05 Å². The summed E-state index contributed by atoms with van der Waals surface area (Å²) in [6.07, 6.45) is -0.393. The van der Waals surface area contributed by atoms with Gasteiger partial charge < -0.3 is 19.1 Å². The largest absolute Gasteiger partial charge is 0.450 e. The zero-order valence-corrected chi connectivity index (χ0v) is 14.7. The first kappa shape index (κ1) is 17.7. The quantitative estimate of drug-likeness (QED) is 0.611. The Morgan fingerprint density at radius 1 is 1.23 bits per heavy atom. The second-order valence-corrected chi connectivity index (χ2v) is 6.01. The molecule has 1 amide bonds. The van der Waals surface area contributed by atoms with Crippen molar-refractivity contribution in [1.29, 1.82) is 0 Å². The van der Waals surface area contributed by atoms with Crippen LogP contribution in [0.2, 0.25) is 0 Å². The zero-order chi connectivity index (χ0) is 18.8. The van der Waals surface area contributed by atoms with Crippen LogP contribution in [-0.2, 0) is 11.8 Å². The van der Waals surface area contributed by atoms with E-state index in [4.69, 9.17) is 4.74 Å². The summed E-state index contributed by atoms with van der Waals surface area (Å²) >= 11 is 0. The minimum absolute atomic E-state index is 0.296. The van der Waals surface area contributed by atoms with Crippen LogP contribution >= 0.6 is 0 Å². The minimum atomic E-state index is -0.642. The van der Waals surface area contributed by atoms with Crippen LogP contribution in [0.1, 0.15) is 6.92 Å². The van der Waals surface area contributed by atoms with Gasteiger partial charge in [-0.25, -0.2) is 4.79 Å². The van der Waals surface area contributed by atoms with Crippen LogP contribution in [-0.4, -0.2) is 53.3 Å². The molecule has 3 rings (SSSR count). The van der Waals surface area contributed by atoms with Crippen molar-refractivity contribution < 1.29 is 14.5 Å². The van der Waals surface area contributed by atoms with E-state index in [1.54, 1.807) is 41.0 Å². The topological polar surface area (TPSA) is 97.9 Å². The average molecular weight is 360 g/mol. The molecular formula is C17H20N4O5. The lowest BCUT2D eigenvalue weighted by molar-refractivity contribution is -0.385. The molecule has 0 atom stereocenters. The first-order valence-electron chi connectivity index (χ1n) is 8.38. The molecule has 1 aliphatic rings. The van der Waals surface area contributed by atoms with Crippen molar-refractivity contribution in [3.63, 3.8) is 0 Å². The molecule has 0 unspecified atom stereocenters. The highest BCUT2D eigenvalue weighted by atomic mass is 16.6. The van der Waals surface area contributed by atoms with E-state index in [9.17, 15) is 19.7 Å². The van der Waals surface area contributed by atoms with Gasteiger partial charge in [-0.05, 0) is 13.0 Å². The lowest BCUT2D eigenvalue weighted by Crippen LogP contribution is -2.49. The molecule has 1 aliphatic heterocycles. The predicted octanol–water partition coefficient (Wildman–Crippen LogP) is 1.73. The van der Waals surface area contributed by atoms with E-state index in [0.29, 0.717) is 49.4 Å². The molecule has 0 radical (unpaired) electrons. The number of aromatic nitrogens is 1. The van der Waals surface area contributed by atoms with Gasteiger partial charge in [-0.3, -0.25) is 14.9 Å². The highest BCUT2D eigenvalue weighted by Crippen LogP contribution is 2.33. The number of hydrogen-bond donors (Lipinski definition) is 0. The monoisotopic (exact) mass is 360 g/mol. The molecule has 0 N–H and O–H groups in total. The molecule has 0 saturated carbocycles. The minimum Gasteiger partial charge on any atom is -0.450 e. The summed E-state index contributed by atoms with van der Waals surface area (Å²) in [6.45, 7) is 3.56. The van der Waals surface area contributed by atoms with Gasteiger partial charge in [0.25, 0.3) is 0 Å². The third-order valence-corrected chi connectivity index (χ3v) is 4.56. The van der Waals surface area contributed by atoms with Crippen LogP contribution in [0, 0.1) is 10.1 Å². The highest BCUT2D eigenvalue weighted by Gasteiger charge is 2.31. The molecule has 26 heavy (non-hydrogen) atoms. The molecule has 9 heteroatoms. The maximum absolute atomic E-state index is 12.6. The number of fused-ring (bicyclic) bond motifs is 1. The number of carbonyl (C=O) groups is 1. The van der Waals surface area contributed by atoms with Crippen molar-refractivity contribution in [2.45, 2.75) is 6.92 Å². The van der Waals surface area contributed by atoms with Crippen LogP contribution in [0.3, 0.4) is 0 Å². The Labute approximate surface area is 149 Å². The summed E-state index contributed by atoms with van der Waals surface area (Å²) in [5.41, 5.74) is -0.129. The number of rotatable bonds is 3. The highest BCUT2D eigenvalue weighted by molar-refractivity contribution is 5.96. The van der Waals surface area contributed by atoms with Gasteiger partial charge in [-0.1, -0.05) is 18.2 Å². The molecule has 0 aliphatic carbocycles. The van der Waals surface area contributed by atoms with Crippen LogP contribution < -0.4 is 10.5 Å². The molecule has 1 aromatic heterocycles. The third-order valence-electron chi connectivity index (χ3n) is 4.56. The van der Waals surface area contributed by atoms with Gasteiger partial charge in [-0.15, -0.1) is 0 Å². The second-order valence-electron chi connectivity index (χ2n) is 6.01. The fourth-order valence-corrected chi connectivity index (χ4v) is 3.28. The Kier molecular flexibility index (Phi) is 4.79. The molecule has 1 aromatic carbocycles. The first-order valence-corrected chi connectivity index (χ1v) is 8.38. The van der Waals surface area contributed by atoms with Gasteiger partial charge in [-0.2, -0.15) is 0 Å². The van der Waals surface area contributed by atoms with Gasteiger partial charge in [0.1, 0.15) is 5.69 Å². The Bertz CT molecular complexity index is 915. The lowest BCUT2D eigenvalue weighted by atomic mass is 10.1. The number of nitro groups is 1. The summed E-state index contributed by atoms with van der Waals surface area (Å²) in [7, 11) is 1.53. The molecule has 1 saturated heterocycles. The molecule has 9 nitrogen and oxygen atoms in total. The smallest absolute Gasteiger partial charge is 0.409 e. The van der Waals surface area contributed by atoms with E-state index in [1.165, 1.54) is 11.6 Å². The van der Waals surface area contributed by atoms with E-state index >= 15 is 0 Å². The number of amides is 1. The van der Waals surface area contributed by atoms with E-state index < -0.39 is 22.3 Å². The van der Waals surface area contributed by atoms with Gasteiger partial charge in [0.15, 0.2) is 0 Å². The van der Waals surface area contributed by atoms with Gasteiger partial charge in [0.2, 0.25) is 0 Å². The van der Waals surface area contributed by atoms with Crippen LogP contribution in [0.5, 0.6) is 0 Å². The fourth-order valence-electron chi connectivity index (χ4n) is 3.28. The number of pyridine rings is 1. The lowest BCUT2D eigenvalue weighted by Gasteiger charge is -2.35. The van der Waals surface area contributed by atoms with E-state index in [2.05, 4.69) is 0 Å². The third kappa shape index (κ3) is 2.96. The number of hydrogen-bond acceptors (Lipinski definition) is 6. The van der Waals surface area contributed by atoms with Crippen molar-refractivity contribution in [3.05, 3.63) is 44.7 Å². The Morgan fingerprint density at radius 3 is 2.50 bits per heavy atom. The second kappa shape index (κ2) is 7.03. The van der Waals surface area contributed by atoms with Crippen LogP contribution in [0.15, 0.2) is 29.1 Å². The number of benzene rings is 1. The summed E-state index contributed by atoms with van der Waals surface area (Å²) in [5.74, 6) is 0. The molecule has 1 fully saturated rings. The zero-order valence-electron chi connectivity index (χ0n) is 14.7. The number of para-hydroxylation sites is 1. The number of carbonyl (C=O) groups excluding carboxylic acids is 1. The Morgan fingerprint density at radius 2 is 1.88 bits per heavy atom. The number of nitrogens with zero attached hydrogens (tertiary/aromatic N) is 4. The summed E-state index contributed by atoms with van der Waals surface area (Å²) in [5, 5.41) is 12.3.